The average molecular weight is 235 g/mol. The van der Waals surface area contributed by atoms with Gasteiger partial charge in [-0.25, -0.2) is 4.98 Å². The number of aryl methyl sites for hydroxylation is 1. The van der Waals surface area contributed by atoms with E-state index in [0.717, 1.165) is 23.3 Å². The van der Waals surface area contributed by atoms with Gasteiger partial charge in [0.15, 0.2) is 0 Å². The second-order valence-corrected chi connectivity index (χ2v) is 5.85. The molecule has 1 saturated carbocycles. The Morgan fingerprint density at radius 1 is 1.24 bits per heavy atom. The molecule has 1 fully saturated rings. The molecule has 0 aromatic carbocycles. The molecule has 1 heterocycles. The van der Waals surface area contributed by atoms with Crippen LogP contribution in [0.5, 0.6) is 0 Å². The highest BCUT2D eigenvalue weighted by atomic mass is 15.2. The molecular formula is C14H25N3. The number of aromatic nitrogens is 2. The highest BCUT2D eigenvalue weighted by Gasteiger charge is 2.25. The Morgan fingerprint density at radius 2 is 1.82 bits per heavy atom. The Morgan fingerprint density at radius 3 is 2.29 bits per heavy atom. The fourth-order valence-corrected chi connectivity index (χ4v) is 3.07. The molecule has 3 heteroatoms. The number of hydrogen-bond donors (Lipinski definition) is 1. The zero-order valence-electron chi connectivity index (χ0n) is 11.5. The van der Waals surface area contributed by atoms with Gasteiger partial charge < -0.3 is 10.3 Å². The van der Waals surface area contributed by atoms with Crippen LogP contribution in [0.4, 0.5) is 5.82 Å². The Labute approximate surface area is 104 Å². The van der Waals surface area contributed by atoms with Gasteiger partial charge in [-0.1, -0.05) is 19.8 Å². The van der Waals surface area contributed by atoms with E-state index in [4.69, 9.17) is 10.7 Å². The summed E-state index contributed by atoms with van der Waals surface area (Å²) in [5, 5.41) is 0. The molecule has 2 rings (SSSR count). The number of rotatable bonds is 2. The minimum atomic E-state index is 0.402. The molecule has 1 aromatic rings. The lowest BCUT2D eigenvalue weighted by Crippen LogP contribution is -2.13. The van der Waals surface area contributed by atoms with Crippen molar-refractivity contribution in [2.24, 2.45) is 5.92 Å². The van der Waals surface area contributed by atoms with Gasteiger partial charge in [0.1, 0.15) is 11.6 Å². The highest BCUT2D eigenvalue weighted by Crippen LogP contribution is 2.38. The molecule has 1 aromatic heterocycles. The lowest BCUT2D eigenvalue weighted by atomic mass is 9.81. The summed E-state index contributed by atoms with van der Waals surface area (Å²) in [5.74, 6) is 3.42. The van der Waals surface area contributed by atoms with E-state index in [9.17, 15) is 0 Å². The number of imidazole rings is 1. The third-order valence-electron chi connectivity index (χ3n) is 4.07. The summed E-state index contributed by atoms with van der Waals surface area (Å²) in [6.07, 6.45) is 5.13. The average Bonchev–Trinajstić information content (AvgIpc) is 2.55. The maximum atomic E-state index is 6.27. The van der Waals surface area contributed by atoms with Gasteiger partial charge >= 0.3 is 0 Å². The van der Waals surface area contributed by atoms with Crippen molar-refractivity contribution >= 4 is 5.82 Å². The maximum absolute atomic E-state index is 6.27. The van der Waals surface area contributed by atoms with E-state index >= 15 is 0 Å². The van der Waals surface area contributed by atoms with E-state index in [1.807, 2.05) is 0 Å². The smallest absolute Gasteiger partial charge is 0.127 e. The van der Waals surface area contributed by atoms with Crippen molar-refractivity contribution < 1.29 is 0 Å². The number of nitrogens with two attached hydrogens (primary N) is 1. The Hall–Kier alpha value is -0.990. The SMILES string of the molecule is Cc1nc(C2CCC(C)CC2)c(N)n1C(C)C. The van der Waals surface area contributed by atoms with Gasteiger partial charge in [-0.05, 0) is 39.5 Å². The first-order valence-electron chi connectivity index (χ1n) is 6.85. The zero-order chi connectivity index (χ0) is 12.6. The Bertz CT molecular complexity index is 384. The van der Waals surface area contributed by atoms with Crippen LogP contribution in [0, 0.1) is 12.8 Å². The quantitative estimate of drug-likeness (QED) is 0.850. The number of nitrogens with zero attached hydrogens (tertiary/aromatic N) is 2. The maximum Gasteiger partial charge on any atom is 0.127 e. The molecule has 2 N–H and O–H groups in total. The lowest BCUT2D eigenvalue weighted by Gasteiger charge is -2.25. The van der Waals surface area contributed by atoms with Crippen LogP contribution in [-0.4, -0.2) is 9.55 Å². The fourth-order valence-electron chi connectivity index (χ4n) is 3.07. The van der Waals surface area contributed by atoms with Crippen molar-refractivity contribution in [1.82, 2.24) is 9.55 Å². The van der Waals surface area contributed by atoms with Crippen LogP contribution in [0.3, 0.4) is 0 Å². The third kappa shape index (κ3) is 2.33. The van der Waals surface area contributed by atoms with Gasteiger partial charge in [-0.15, -0.1) is 0 Å². The minimum Gasteiger partial charge on any atom is -0.384 e. The predicted molar refractivity (Wildman–Crippen MR) is 72.1 cm³/mol. The summed E-state index contributed by atoms with van der Waals surface area (Å²) in [6.45, 7) is 8.73. The van der Waals surface area contributed by atoms with E-state index in [2.05, 4.69) is 32.3 Å². The summed E-state index contributed by atoms with van der Waals surface area (Å²) >= 11 is 0. The van der Waals surface area contributed by atoms with Crippen LogP contribution >= 0.6 is 0 Å². The molecule has 0 bridgehead atoms. The molecule has 0 atom stereocenters. The highest BCUT2D eigenvalue weighted by molar-refractivity contribution is 5.41. The lowest BCUT2D eigenvalue weighted by molar-refractivity contribution is 0.345. The first kappa shape index (κ1) is 12.5. The van der Waals surface area contributed by atoms with Crippen LogP contribution in [0.2, 0.25) is 0 Å². The summed E-state index contributed by atoms with van der Waals surface area (Å²) in [6, 6.07) is 0.402. The molecule has 0 spiro atoms. The van der Waals surface area contributed by atoms with Gasteiger partial charge in [0.05, 0.1) is 5.69 Å². The van der Waals surface area contributed by atoms with Crippen molar-refractivity contribution in [3.8, 4) is 0 Å². The van der Waals surface area contributed by atoms with E-state index < -0.39 is 0 Å². The molecule has 1 aliphatic carbocycles. The summed E-state index contributed by atoms with van der Waals surface area (Å²) in [5.41, 5.74) is 7.43. The van der Waals surface area contributed by atoms with Crippen molar-refractivity contribution in [2.45, 2.75) is 65.3 Å². The molecule has 0 saturated heterocycles. The minimum absolute atomic E-state index is 0.402. The molecular weight excluding hydrogens is 210 g/mol. The second-order valence-electron chi connectivity index (χ2n) is 5.85. The Balaban J connectivity index is 2.24. The zero-order valence-corrected chi connectivity index (χ0v) is 11.5. The first-order valence-corrected chi connectivity index (χ1v) is 6.85. The topological polar surface area (TPSA) is 43.8 Å². The van der Waals surface area contributed by atoms with Crippen molar-refractivity contribution in [2.75, 3.05) is 5.73 Å². The van der Waals surface area contributed by atoms with Crippen LogP contribution < -0.4 is 5.73 Å². The summed E-state index contributed by atoms with van der Waals surface area (Å²) in [7, 11) is 0. The number of hydrogen-bond acceptors (Lipinski definition) is 2. The first-order chi connectivity index (χ1) is 8.00. The van der Waals surface area contributed by atoms with Gasteiger partial charge in [0.2, 0.25) is 0 Å². The molecule has 0 amide bonds. The predicted octanol–water partition coefficient (Wildman–Crippen LogP) is 3.65. The largest absolute Gasteiger partial charge is 0.384 e. The normalized spacial score (nSPS) is 25.5. The third-order valence-corrected chi connectivity index (χ3v) is 4.07. The molecule has 0 unspecified atom stereocenters. The Kier molecular flexibility index (Phi) is 3.45. The number of nitrogen functional groups attached to an aromatic ring is 1. The molecule has 0 radical (unpaired) electrons. The molecule has 96 valence electrons. The summed E-state index contributed by atoms with van der Waals surface area (Å²) < 4.78 is 2.16. The van der Waals surface area contributed by atoms with Gasteiger partial charge in [0, 0.05) is 12.0 Å². The molecule has 3 nitrogen and oxygen atoms in total. The van der Waals surface area contributed by atoms with Crippen LogP contribution in [0.1, 0.15) is 69.9 Å². The fraction of sp³-hybridized carbons (Fsp3) is 0.786. The van der Waals surface area contributed by atoms with Gasteiger partial charge in [-0.3, -0.25) is 0 Å². The second kappa shape index (κ2) is 4.71. The van der Waals surface area contributed by atoms with Crippen molar-refractivity contribution in [3.63, 3.8) is 0 Å². The molecule has 1 aliphatic rings. The van der Waals surface area contributed by atoms with Crippen LogP contribution in [0.25, 0.3) is 0 Å². The van der Waals surface area contributed by atoms with Crippen LogP contribution in [-0.2, 0) is 0 Å². The monoisotopic (exact) mass is 235 g/mol. The number of anilines is 1. The molecule has 17 heavy (non-hydrogen) atoms. The van der Waals surface area contributed by atoms with Crippen molar-refractivity contribution in [1.29, 1.82) is 0 Å². The van der Waals surface area contributed by atoms with Crippen molar-refractivity contribution in [3.05, 3.63) is 11.5 Å². The van der Waals surface area contributed by atoms with E-state index in [0.29, 0.717) is 12.0 Å². The standard InChI is InChI=1S/C14H25N3/c1-9(2)17-11(4)16-13(14(17)15)12-7-5-10(3)6-8-12/h9-10,12H,5-8,15H2,1-4H3. The van der Waals surface area contributed by atoms with Gasteiger partial charge in [-0.2, -0.15) is 0 Å². The van der Waals surface area contributed by atoms with Crippen LogP contribution in [0.15, 0.2) is 0 Å². The summed E-state index contributed by atoms with van der Waals surface area (Å²) in [4.78, 5) is 4.72. The van der Waals surface area contributed by atoms with E-state index in [-0.39, 0.29) is 0 Å². The van der Waals surface area contributed by atoms with E-state index in [1.54, 1.807) is 0 Å². The van der Waals surface area contributed by atoms with E-state index in [1.165, 1.54) is 25.7 Å². The van der Waals surface area contributed by atoms with Gasteiger partial charge in [0.25, 0.3) is 0 Å². The molecule has 0 aliphatic heterocycles.